The van der Waals surface area contributed by atoms with Crippen molar-refractivity contribution in [3.8, 4) is 0 Å². The van der Waals surface area contributed by atoms with Crippen LogP contribution in [0.4, 0.5) is 0 Å². The Balaban J connectivity index is 1.38. The molecule has 0 aromatic carbocycles. The lowest BCUT2D eigenvalue weighted by Crippen LogP contribution is -2.55. The lowest BCUT2D eigenvalue weighted by Gasteiger charge is -2.54. The van der Waals surface area contributed by atoms with Crippen LogP contribution in [0.5, 0.6) is 0 Å². The van der Waals surface area contributed by atoms with Crippen LogP contribution < -0.4 is 10.6 Å². The average molecular weight is 359 g/mol. The van der Waals surface area contributed by atoms with Crippen LogP contribution in [-0.4, -0.2) is 24.7 Å². The van der Waals surface area contributed by atoms with Crippen LogP contribution >= 0.6 is 0 Å². The summed E-state index contributed by atoms with van der Waals surface area (Å²) in [6.45, 7) is 13.4. The predicted octanol–water partition coefficient (Wildman–Crippen LogP) is 5.46. The van der Waals surface area contributed by atoms with Gasteiger partial charge in [0.15, 0.2) is 0 Å². The first-order valence-corrected chi connectivity index (χ1v) is 11.1. The van der Waals surface area contributed by atoms with Gasteiger partial charge in [-0.1, -0.05) is 23.3 Å². The summed E-state index contributed by atoms with van der Waals surface area (Å²) in [5.74, 6) is 4.12. The Morgan fingerprint density at radius 3 is 2.12 bits per heavy atom. The lowest BCUT2D eigenvalue weighted by molar-refractivity contribution is -0.0134. The van der Waals surface area contributed by atoms with Gasteiger partial charge in [-0.25, -0.2) is 0 Å². The Hall–Kier alpha value is -0.600. The van der Waals surface area contributed by atoms with E-state index in [0.717, 1.165) is 49.2 Å². The van der Waals surface area contributed by atoms with E-state index in [4.69, 9.17) is 0 Å². The van der Waals surface area contributed by atoms with Gasteiger partial charge in [-0.05, 0) is 103 Å². The zero-order valence-corrected chi connectivity index (χ0v) is 17.9. The Morgan fingerprint density at radius 1 is 0.923 bits per heavy atom. The molecule has 0 saturated heterocycles. The fraction of sp³-hybridized carbons (Fsp3) is 0.833. The molecule has 0 aliphatic heterocycles. The molecule has 4 fully saturated rings. The second kappa shape index (κ2) is 8.61. The SMILES string of the molecule is CC(C)=CCC/C(C)=C/C(C)(C)NCCNC1C2CC3CC(C2)CC1C3. The fourth-order valence-corrected chi connectivity index (χ4v) is 6.21. The molecule has 2 N–H and O–H groups in total. The third-order valence-corrected chi connectivity index (χ3v) is 7.01. The summed E-state index contributed by atoms with van der Waals surface area (Å²) in [5.41, 5.74) is 3.00. The monoisotopic (exact) mass is 358 g/mol. The Morgan fingerprint density at radius 2 is 1.54 bits per heavy atom. The van der Waals surface area contributed by atoms with Gasteiger partial charge in [-0.3, -0.25) is 0 Å². The summed E-state index contributed by atoms with van der Waals surface area (Å²) >= 11 is 0. The van der Waals surface area contributed by atoms with E-state index < -0.39 is 0 Å². The van der Waals surface area contributed by atoms with E-state index in [1.54, 1.807) is 6.42 Å². The normalized spacial score (nSPS) is 33.6. The standard InChI is InChI=1S/C24H42N2/c1-17(2)7-6-8-18(3)16-24(4,5)26-10-9-25-23-21-12-19-11-20(14-21)15-22(23)13-19/h7,16,19-23,25-26H,6,8-15H2,1-5H3/b18-16+. The minimum absolute atomic E-state index is 0.0841. The Kier molecular flexibility index (Phi) is 6.67. The fourth-order valence-electron chi connectivity index (χ4n) is 6.21. The van der Waals surface area contributed by atoms with E-state index >= 15 is 0 Å². The molecule has 0 unspecified atom stereocenters. The van der Waals surface area contributed by atoms with Crippen molar-refractivity contribution >= 4 is 0 Å². The van der Waals surface area contributed by atoms with Gasteiger partial charge < -0.3 is 10.6 Å². The molecule has 4 rings (SSSR count). The highest BCUT2D eigenvalue weighted by Crippen LogP contribution is 2.53. The third kappa shape index (κ3) is 5.45. The number of allylic oxidation sites excluding steroid dienone is 3. The molecule has 0 spiro atoms. The number of hydrogen-bond donors (Lipinski definition) is 2. The highest BCUT2D eigenvalue weighted by Gasteiger charge is 2.47. The molecule has 26 heavy (non-hydrogen) atoms. The zero-order chi connectivity index (χ0) is 18.7. The highest BCUT2D eigenvalue weighted by molar-refractivity contribution is 5.11. The average Bonchev–Trinajstić information content (AvgIpc) is 2.51. The second-order valence-electron chi connectivity index (χ2n) is 10.4. The van der Waals surface area contributed by atoms with Crippen molar-refractivity contribution in [2.24, 2.45) is 23.7 Å². The molecule has 4 aliphatic carbocycles. The van der Waals surface area contributed by atoms with Crippen LogP contribution in [0.3, 0.4) is 0 Å². The molecule has 0 heterocycles. The van der Waals surface area contributed by atoms with Gasteiger partial charge in [0.25, 0.3) is 0 Å². The molecule has 0 radical (unpaired) electrons. The van der Waals surface area contributed by atoms with Crippen molar-refractivity contribution in [2.75, 3.05) is 13.1 Å². The van der Waals surface area contributed by atoms with Gasteiger partial charge in [-0.2, -0.15) is 0 Å². The van der Waals surface area contributed by atoms with E-state index in [2.05, 4.69) is 57.4 Å². The van der Waals surface area contributed by atoms with Crippen molar-refractivity contribution in [3.05, 3.63) is 23.3 Å². The summed E-state index contributed by atoms with van der Waals surface area (Å²) in [6.07, 6.45) is 14.7. The van der Waals surface area contributed by atoms with Crippen molar-refractivity contribution < 1.29 is 0 Å². The summed E-state index contributed by atoms with van der Waals surface area (Å²) in [7, 11) is 0. The minimum Gasteiger partial charge on any atom is -0.312 e. The van der Waals surface area contributed by atoms with Crippen LogP contribution in [0.2, 0.25) is 0 Å². The van der Waals surface area contributed by atoms with E-state index in [1.807, 2.05) is 0 Å². The van der Waals surface area contributed by atoms with E-state index in [0.29, 0.717) is 0 Å². The minimum atomic E-state index is 0.0841. The molecular formula is C24H42N2. The molecule has 148 valence electrons. The lowest BCUT2D eigenvalue weighted by atomic mass is 9.54. The molecule has 4 aliphatic rings. The maximum Gasteiger partial charge on any atom is 0.0310 e. The van der Waals surface area contributed by atoms with E-state index in [1.165, 1.54) is 43.3 Å². The molecule has 2 heteroatoms. The van der Waals surface area contributed by atoms with Crippen molar-refractivity contribution in [1.29, 1.82) is 0 Å². The number of rotatable bonds is 9. The smallest absolute Gasteiger partial charge is 0.0310 e. The quantitative estimate of drug-likeness (QED) is 0.422. The summed E-state index contributed by atoms with van der Waals surface area (Å²) in [4.78, 5) is 0. The first-order valence-electron chi connectivity index (χ1n) is 11.1. The van der Waals surface area contributed by atoms with Gasteiger partial charge in [0.2, 0.25) is 0 Å². The largest absolute Gasteiger partial charge is 0.312 e. The molecule has 0 aromatic heterocycles. The topological polar surface area (TPSA) is 24.1 Å². The van der Waals surface area contributed by atoms with Crippen LogP contribution in [0, 0.1) is 23.7 Å². The van der Waals surface area contributed by atoms with E-state index in [-0.39, 0.29) is 5.54 Å². The molecule has 0 amide bonds. The highest BCUT2D eigenvalue weighted by atomic mass is 15.0. The first kappa shape index (κ1) is 20.1. The van der Waals surface area contributed by atoms with Gasteiger partial charge >= 0.3 is 0 Å². The van der Waals surface area contributed by atoms with Gasteiger partial charge in [-0.15, -0.1) is 0 Å². The summed E-state index contributed by atoms with van der Waals surface area (Å²) in [5, 5.41) is 7.70. The molecule has 0 aromatic rings. The number of hydrogen-bond acceptors (Lipinski definition) is 2. The summed E-state index contributed by atoms with van der Waals surface area (Å²) in [6, 6.07) is 0.814. The van der Waals surface area contributed by atoms with Crippen LogP contribution in [-0.2, 0) is 0 Å². The second-order valence-corrected chi connectivity index (χ2v) is 10.4. The first-order chi connectivity index (χ1) is 12.3. The predicted molar refractivity (Wildman–Crippen MR) is 113 cm³/mol. The van der Waals surface area contributed by atoms with E-state index in [9.17, 15) is 0 Å². The third-order valence-electron chi connectivity index (χ3n) is 7.01. The molecule has 4 bridgehead atoms. The molecular weight excluding hydrogens is 316 g/mol. The summed E-state index contributed by atoms with van der Waals surface area (Å²) < 4.78 is 0. The number of nitrogens with one attached hydrogen (secondary N) is 2. The molecule has 4 saturated carbocycles. The maximum atomic E-state index is 3.95. The Labute approximate surface area is 162 Å². The Bertz CT molecular complexity index is 496. The zero-order valence-electron chi connectivity index (χ0n) is 17.9. The maximum absolute atomic E-state index is 3.95. The molecule has 2 nitrogen and oxygen atoms in total. The van der Waals surface area contributed by atoms with Gasteiger partial charge in [0, 0.05) is 24.7 Å². The van der Waals surface area contributed by atoms with Gasteiger partial charge in [0.1, 0.15) is 0 Å². The van der Waals surface area contributed by atoms with Gasteiger partial charge in [0.05, 0.1) is 0 Å². The van der Waals surface area contributed by atoms with Crippen LogP contribution in [0.15, 0.2) is 23.3 Å². The van der Waals surface area contributed by atoms with Crippen molar-refractivity contribution in [1.82, 2.24) is 10.6 Å². The van der Waals surface area contributed by atoms with Crippen LogP contribution in [0.1, 0.15) is 79.6 Å². The van der Waals surface area contributed by atoms with Crippen LogP contribution in [0.25, 0.3) is 0 Å². The van der Waals surface area contributed by atoms with Crippen molar-refractivity contribution in [3.63, 3.8) is 0 Å². The van der Waals surface area contributed by atoms with Crippen molar-refractivity contribution in [2.45, 2.75) is 91.1 Å². The molecule has 0 atom stereocenters.